The molecular weight excluding hydrogens is 520 g/mol. The molecule has 1 aromatic heterocycles. The average molecular weight is 533 g/mol. The molecule has 0 amide bonds. The largest absolute Gasteiger partial charge is 0.440 e. The Balaban J connectivity index is 1.79. The molecule has 0 N–H and O–H groups in total. The highest BCUT2D eigenvalue weighted by molar-refractivity contribution is 9.10. The Bertz CT molecular complexity index is 858. The van der Waals surface area contributed by atoms with Crippen molar-refractivity contribution in [1.82, 2.24) is 9.55 Å². The van der Waals surface area contributed by atoms with Crippen molar-refractivity contribution in [2.24, 2.45) is 0 Å². The third kappa shape index (κ3) is 5.33. The summed E-state index contributed by atoms with van der Waals surface area (Å²) < 4.78 is 9.25. The molecule has 3 aromatic rings. The molecule has 2 unspecified atom stereocenters. The number of ether oxygens (including phenoxy) is 1. The highest BCUT2D eigenvalue weighted by Gasteiger charge is 2.25. The molecule has 0 bridgehead atoms. The lowest BCUT2D eigenvalue weighted by Gasteiger charge is -2.23. The van der Waals surface area contributed by atoms with Gasteiger partial charge in [0, 0.05) is 21.9 Å². The Morgan fingerprint density at radius 1 is 1.15 bits per heavy atom. The normalized spacial score (nSPS) is 13.2. The number of halogens is 3. The maximum absolute atomic E-state index is 5.91. The van der Waals surface area contributed by atoms with Gasteiger partial charge in [-0.15, -0.1) is 0 Å². The summed E-state index contributed by atoms with van der Waals surface area (Å²) in [5.74, 6) is 0.662. The summed E-state index contributed by atoms with van der Waals surface area (Å²) in [5, 5.41) is 0.654. The maximum Gasteiger partial charge on any atom is 0.226 e. The van der Waals surface area contributed by atoms with Crippen molar-refractivity contribution in [3.8, 4) is 5.75 Å². The number of nitrogens with zero attached hydrogens (tertiary/aromatic N) is 2. The SMILES string of the molecule is S=C(Oc1ccc(Cl)cc1)SC(c1ccc(Br)cc1)C(Br)n1ccnc1. The minimum absolute atomic E-state index is 0.00268. The van der Waals surface area contributed by atoms with E-state index in [0.29, 0.717) is 15.2 Å². The van der Waals surface area contributed by atoms with E-state index in [1.807, 2.05) is 22.9 Å². The molecule has 0 spiro atoms. The molecule has 3 nitrogen and oxygen atoms in total. The molecule has 3 rings (SSSR count). The number of hydrogen-bond donors (Lipinski definition) is 0. The van der Waals surface area contributed by atoms with Crippen molar-refractivity contribution in [2.75, 3.05) is 0 Å². The van der Waals surface area contributed by atoms with E-state index in [1.54, 1.807) is 36.8 Å². The van der Waals surface area contributed by atoms with Gasteiger partial charge in [-0.25, -0.2) is 4.98 Å². The van der Waals surface area contributed by atoms with Gasteiger partial charge in [-0.1, -0.05) is 67.4 Å². The van der Waals surface area contributed by atoms with Gasteiger partial charge in [-0.3, -0.25) is 0 Å². The van der Waals surface area contributed by atoms with Crippen LogP contribution in [0.3, 0.4) is 0 Å². The fourth-order valence-corrected chi connectivity index (χ4v) is 4.80. The standard InChI is InChI=1S/C18H13Br2ClN2OS2/c19-13-3-1-12(2-4-13)16(17(20)23-10-9-22-11-23)26-18(25)24-15-7-5-14(21)6-8-15/h1-11,16-17H. The zero-order valence-corrected chi connectivity index (χ0v) is 18.8. The predicted octanol–water partition coefficient (Wildman–Crippen LogP) is 7.03. The first-order valence-corrected chi connectivity index (χ1v) is 10.9. The zero-order chi connectivity index (χ0) is 18.5. The summed E-state index contributed by atoms with van der Waals surface area (Å²) in [5.41, 5.74) is 1.12. The van der Waals surface area contributed by atoms with E-state index < -0.39 is 0 Å². The Hall–Kier alpha value is -0.860. The molecule has 0 aliphatic heterocycles. The Morgan fingerprint density at radius 2 is 1.85 bits per heavy atom. The third-order valence-electron chi connectivity index (χ3n) is 3.50. The number of rotatable bonds is 5. The summed E-state index contributed by atoms with van der Waals surface area (Å²) in [4.78, 5) is 4.09. The van der Waals surface area contributed by atoms with E-state index in [4.69, 9.17) is 28.6 Å². The van der Waals surface area contributed by atoms with Crippen molar-refractivity contribution in [1.29, 1.82) is 0 Å². The summed E-state index contributed by atoms with van der Waals surface area (Å²) in [6, 6.07) is 15.3. The Labute approximate surface area is 183 Å². The van der Waals surface area contributed by atoms with Gasteiger partial charge >= 0.3 is 0 Å². The molecule has 8 heteroatoms. The molecule has 2 aromatic carbocycles. The van der Waals surface area contributed by atoms with E-state index in [0.717, 1.165) is 10.0 Å². The van der Waals surface area contributed by atoms with Crippen LogP contribution in [0.4, 0.5) is 0 Å². The van der Waals surface area contributed by atoms with Crippen molar-refractivity contribution in [2.45, 2.75) is 10.2 Å². The number of aromatic nitrogens is 2. The predicted molar refractivity (Wildman–Crippen MR) is 119 cm³/mol. The van der Waals surface area contributed by atoms with Gasteiger partial charge in [0.05, 0.1) is 11.6 Å². The maximum atomic E-state index is 5.91. The van der Waals surface area contributed by atoms with Crippen molar-refractivity contribution in [3.05, 3.63) is 82.3 Å². The number of benzene rings is 2. The second kappa shape index (κ2) is 9.37. The van der Waals surface area contributed by atoms with Crippen molar-refractivity contribution < 1.29 is 4.74 Å². The average Bonchev–Trinajstić information content (AvgIpc) is 3.17. The lowest BCUT2D eigenvalue weighted by Crippen LogP contribution is -2.12. The lowest BCUT2D eigenvalue weighted by molar-refractivity contribution is 0.577. The molecule has 134 valence electrons. The van der Waals surface area contributed by atoms with Crippen LogP contribution >= 0.6 is 67.4 Å². The van der Waals surface area contributed by atoms with Crippen molar-refractivity contribution >= 4 is 71.8 Å². The van der Waals surface area contributed by atoms with Gasteiger partial charge in [0.15, 0.2) is 0 Å². The number of thiocarbonyl (C=S) groups is 1. The summed E-state index contributed by atoms with van der Waals surface area (Å²) in [6.07, 6.45) is 5.43. The number of thioether (sulfide) groups is 1. The first-order chi connectivity index (χ1) is 12.5. The van der Waals surface area contributed by atoms with Gasteiger partial charge in [0.1, 0.15) is 10.7 Å². The molecule has 2 atom stereocenters. The van der Waals surface area contributed by atoms with Gasteiger partial charge in [-0.05, 0) is 54.2 Å². The molecule has 0 aliphatic rings. The van der Waals surface area contributed by atoms with E-state index in [9.17, 15) is 0 Å². The molecule has 0 fully saturated rings. The number of imidazole rings is 1. The van der Waals surface area contributed by atoms with Crippen LogP contribution in [0.15, 0.2) is 71.7 Å². The van der Waals surface area contributed by atoms with Gasteiger partial charge < -0.3 is 9.30 Å². The first kappa shape index (κ1) is 19.9. The van der Waals surface area contributed by atoms with E-state index in [2.05, 4.69) is 49.0 Å². The topological polar surface area (TPSA) is 27.1 Å². The summed E-state index contributed by atoms with van der Waals surface area (Å²) >= 11 is 20.1. The van der Waals surface area contributed by atoms with Gasteiger partial charge in [0.25, 0.3) is 0 Å². The molecule has 26 heavy (non-hydrogen) atoms. The van der Waals surface area contributed by atoms with Crippen LogP contribution in [-0.4, -0.2) is 13.9 Å². The fraction of sp³-hybridized carbons (Fsp3) is 0.111. The van der Waals surface area contributed by atoms with Gasteiger partial charge in [0.2, 0.25) is 4.38 Å². The highest BCUT2D eigenvalue weighted by atomic mass is 79.9. The summed E-state index contributed by atoms with van der Waals surface area (Å²) in [6.45, 7) is 0. The molecule has 0 saturated carbocycles. The van der Waals surface area contributed by atoms with E-state index in [-0.39, 0.29) is 10.2 Å². The molecule has 0 radical (unpaired) electrons. The van der Waals surface area contributed by atoms with Crippen LogP contribution in [-0.2, 0) is 0 Å². The Kier molecular flexibility index (Phi) is 7.17. The van der Waals surface area contributed by atoms with E-state index in [1.165, 1.54) is 11.8 Å². The molecular formula is C18H13Br2ClN2OS2. The van der Waals surface area contributed by atoms with Crippen LogP contribution in [0.1, 0.15) is 15.8 Å². The van der Waals surface area contributed by atoms with Crippen LogP contribution in [0.2, 0.25) is 5.02 Å². The smallest absolute Gasteiger partial charge is 0.226 e. The Morgan fingerprint density at radius 3 is 2.46 bits per heavy atom. The van der Waals surface area contributed by atoms with Crippen LogP contribution in [0.25, 0.3) is 0 Å². The van der Waals surface area contributed by atoms with Crippen molar-refractivity contribution in [3.63, 3.8) is 0 Å². The molecule has 1 heterocycles. The highest BCUT2D eigenvalue weighted by Crippen LogP contribution is 2.43. The minimum atomic E-state index is -0.0389. The molecule has 0 aliphatic carbocycles. The van der Waals surface area contributed by atoms with Gasteiger partial charge in [-0.2, -0.15) is 0 Å². The summed E-state index contributed by atoms with van der Waals surface area (Å²) in [7, 11) is 0. The second-order valence-electron chi connectivity index (χ2n) is 5.28. The van der Waals surface area contributed by atoms with E-state index >= 15 is 0 Å². The lowest BCUT2D eigenvalue weighted by atomic mass is 10.1. The molecule has 0 saturated heterocycles. The van der Waals surface area contributed by atoms with Crippen LogP contribution < -0.4 is 4.74 Å². The van der Waals surface area contributed by atoms with Crippen LogP contribution in [0, 0.1) is 0 Å². The van der Waals surface area contributed by atoms with Crippen LogP contribution in [0.5, 0.6) is 5.75 Å². The fourth-order valence-electron chi connectivity index (χ4n) is 2.23. The minimum Gasteiger partial charge on any atom is -0.440 e. The monoisotopic (exact) mass is 530 g/mol. The number of alkyl halides is 1. The zero-order valence-electron chi connectivity index (χ0n) is 13.3. The second-order valence-corrected chi connectivity index (χ2v) is 9.31. The third-order valence-corrected chi connectivity index (χ3v) is 7.06. The quantitative estimate of drug-likeness (QED) is 0.260. The number of hydrogen-bond acceptors (Lipinski definition) is 4. The first-order valence-electron chi connectivity index (χ1n) is 7.54.